The van der Waals surface area contributed by atoms with Gasteiger partial charge < -0.3 is 4.74 Å². The van der Waals surface area contributed by atoms with Crippen molar-refractivity contribution in [2.45, 2.75) is 40.0 Å². The fourth-order valence-electron chi connectivity index (χ4n) is 2.81. The van der Waals surface area contributed by atoms with E-state index < -0.39 is 17.2 Å². The third-order valence-electron chi connectivity index (χ3n) is 3.59. The topological polar surface area (TPSA) is 65.4 Å². The predicted molar refractivity (Wildman–Crippen MR) is 87.9 cm³/mol. The van der Waals surface area contributed by atoms with Crippen LogP contribution in [0.5, 0.6) is 0 Å². The van der Waals surface area contributed by atoms with Crippen molar-refractivity contribution in [2.24, 2.45) is 0 Å². The Bertz CT molecular complexity index is 793. The van der Waals surface area contributed by atoms with Crippen LogP contribution >= 0.6 is 0 Å². The Labute approximate surface area is 135 Å². The third-order valence-corrected chi connectivity index (χ3v) is 3.59. The van der Waals surface area contributed by atoms with E-state index in [4.69, 9.17) is 4.74 Å². The monoisotopic (exact) mass is 315 g/mol. The number of esters is 1. The summed E-state index contributed by atoms with van der Waals surface area (Å²) >= 11 is 0. The minimum absolute atomic E-state index is 0.126. The maximum Gasteiger partial charge on any atom is 0.379 e. The molecule has 2 aromatic rings. The van der Waals surface area contributed by atoms with Gasteiger partial charge in [0.2, 0.25) is 5.91 Å². The van der Waals surface area contributed by atoms with E-state index in [1.165, 1.54) is 11.5 Å². The summed E-state index contributed by atoms with van der Waals surface area (Å²) in [5.41, 5.74) is 0.908. The fourth-order valence-corrected chi connectivity index (χ4v) is 2.81. The number of ketones is 1. The number of carbonyl (C=O) groups excluding carboxylic acids is 3. The molecule has 122 valence electrons. The first-order chi connectivity index (χ1) is 10.7. The van der Waals surface area contributed by atoms with Crippen molar-refractivity contribution in [1.82, 2.24) is 4.57 Å². The Morgan fingerprint density at radius 1 is 1.13 bits per heavy atom. The second-order valence-electron chi connectivity index (χ2n) is 6.39. The maximum atomic E-state index is 12.7. The van der Waals surface area contributed by atoms with Gasteiger partial charge in [-0.3, -0.25) is 14.2 Å². The Morgan fingerprint density at radius 3 is 2.26 bits per heavy atom. The van der Waals surface area contributed by atoms with E-state index in [2.05, 4.69) is 0 Å². The second-order valence-corrected chi connectivity index (χ2v) is 6.39. The highest BCUT2D eigenvalue weighted by Gasteiger charge is 2.34. The van der Waals surface area contributed by atoms with E-state index in [-0.39, 0.29) is 18.1 Å². The summed E-state index contributed by atoms with van der Waals surface area (Å²) in [6.45, 7) is 8.93. The molecule has 0 saturated heterocycles. The SMILES string of the molecule is CCOC(=O)C(=O)c1c(C(C)(C)C)n(C(C)=O)c2ccccc12. The summed E-state index contributed by atoms with van der Waals surface area (Å²) in [4.78, 5) is 36.8. The summed E-state index contributed by atoms with van der Waals surface area (Å²) in [5, 5.41) is 0.589. The summed E-state index contributed by atoms with van der Waals surface area (Å²) in [6.07, 6.45) is 0. The van der Waals surface area contributed by atoms with Gasteiger partial charge in [-0.25, -0.2) is 4.79 Å². The molecule has 0 unspecified atom stereocenters. The summed E-state index contributed by atoms with van der Waals surface area (Å²) in [7, 11) is 0. The van der Waals surface area contributed by atoms with Crippen LogP contribution in [-0.4, -0.2) is 28.8 Å². The molecule has 0 N–H and O–H groups in total. The standard InChI is InChI=1S/C18H21NO4/c1-6-23-17(22)15(21)14-12-9-7-8-10-13(12)19(11(2)20)16(14)18(3,4)5/h7-10H,6H2,1-5H3. The zero-order valence-electron chi connectivity index (χ0n) is 14.1. The van der Waals surface area contributed by atoms with Crippen molar-refractivity contribution < 1.29 is 19.1 Å². The van der Waals surface area contributed by atoms with E-state index in [9.17, 15) is 14.4 Å². The van der Waals surface area contributed by atoms with Gasteiger partial charge in [-0.2, -0.15) is 0 Å². The highest BCUT2D eigenvalue weighted by Crippen LogP contribution is 2.35. The zero-order chi connectivity index (χ0) is 17.4. The molecule has 1 aromatic carbocycles. The minimum Gasteiger partial charge on any atom is -0.460 e. The van der Waals surface area contributed by atoms with Gasteiger partial charge in [0, 0.05) is 23.4 Å². The molecule has 5 heteroatoms. The zero-order valence-corrected chi connectivity index (χ0v) is 14.1. The molecular formula is C18H21NO4. The Hall–Kier alpha value is -2.43. The lowest BCUT2D eigenvalue weighted by Gasteiger charge is -2.22. The quantitative estimate of drug-likeness (QED) is 0.495. The van der Waals surface area contributed by atoms with Gasteiger partial charge >= 0.3 is 5.97 Å². The Kier molecular flexibility index (Phi) is 4.41. The highest BCUT2D eigenvalue weighted by molar-refractivity contribution is 6.43. The summed E-state index contributed by atoms with van der Waals surface area (Å²) in [5.74, 6) is -1.81. The number of para-hydroxylation sites is 1. The molecule has 0 atom stereocenters. The van der Waals surface area contributed by atoms with Crippen molar-refractivity contribution in [3.63, 3.8) is 0 Å². The van der Waals surface area contributed by atoms with Gasteiger partial charge in [-0.05, 0) is 13.0 Å². The maximum absolute atomic E-state index is 12.7. The van der Waals surface area contributed by atoms with Gasteiger partial charge in [-0.15, -0.1) is 0 Å². The van der Waals surface area contributed by atoms with Gasteiger partial charge in [0.05, 0.1) is 17.7 Å². The predicted octanol–water partition coefficient (Wildman–Crippen LogP) is 3.34. The highest BCUT2D eigenvalue weighted by atomic mass is 16.5. The number of Topliss-reactive ketones (excluding diaryl/α,β-unsaturated/α-hetero) is 1. The largest absolute Gasteiger partial charge is 0.460 e. The number of fused-ring (bicyclic) bond motifs is 1. The lowest BCUT2D eigenvalue weighted by atomic mass is 9.87. The number of rotatable bonds is 3. The third kappa shape index (κ3) is 2.91. The van der Waals surface area contributed by atoms with Crippen LogP contribution in [0.25, 0.3) is 10.9 Å². The fraction of sp³-hybridized carbons (Fsp3) is 0.389. The molecule has 0 spiro atoms. The van der Waals surface area contributed by atoms with E-state index in [1.807, 2.05) is 20.8 Å². The molecule has 1 aromatic heterocycles. The summed E-state index contributed by atoms with van der Waals surface area (Å²) < 4.78 is 6.38. The molecule has 1 heterocycles. The first-order valence-electron chi connectivity index (χ1n) is 7.56. The Balaban J connectivity index is 2.89. The molecule has 2 rings (SSSR count). The number of benzene rings is 1. The normalized spacial score (nSPS) is 11.5. The second kappa shape index (κ2) is 5.99. The molecule has 0 amide bonds. The van der Waals surface area contributed by atoms with Crippen molar-refractivity contribution >= 4 is 28.6 Å². The lowest BCUT2D eigenvalue weighted by Crippen LogP contribution is -2.26. The molecule has 5 nitrogen and oxygen atoms in total. The number of aromatic nitrogens is 1. The van der Waals surface area contributed by atoms with Crippen LogP contribution in [0.1, 0.15) is 55.5 Å². The van der Waals surface area contributed by atoms with Crippen LogP contribution in [0, 0.1) is 0 Å². The molecule has 0 radical (unpaired) electrons. The van der Waals surface area contributed by atoms with Crippen molar-refractivity contribution in [1.29, 1.82) is 0 Å². The van der Waals surface area contributed by atoms with Crippen molar-refractivity contribution in [3.05, 3.63) is 35.5 Å². The van der Waals surface area contributed by atoms with Gasteiger partial charge in [0.1, 0.15) is 0 Å². The molecule has 0 saturated carbocycles. The lowest BCUT2D eigenvalue weighted by molar-refractivity contribution is -0.137. The number of nitrogens with zero attached hydrogens (tertiary/aromatic N) is 1. The molecule has 0 bridgehead atoms. The van der Waals surface area contributed by atoms with Crippen molar-refractivity contribution in [3.8, 4) is 0 Å². The van der Waals surface area contributed by atoms with Crippen LogP contribution in [-0.2, 0) is 14.9 Å². The molecule has 23 heavy (non-hydrogen) atoms. The van der Waals surface area contributed by atoms with Crippen LogP contribution in [0.2, 0.25) is 0 Å². The number of ether oxygens (including phenoxy) is 1. The number of hydrogen-bond donors (Lipinski definition) is 0. The molecule has 0 aliphatic rings. The number of hydrogen-bond acceptors (Lipinski definition) is 4. The first-order valence-corrected chi connectivity index (χ1v) is 7.56. The average Bonchev–Trinajstić information content (AvgIpc) is 2.82. The minimum atomic E-state index is -0.899. The molecule has 0 aliphatic carbocycles. The number of carbonyl (C=O) groups is 3. The molecule has 0 aliphatic heterocycles. The van der Waals surface area contributed by atoms with E-state index in [0.29, 0.717) is 16.6 Å². The van der Waals surface area contributed by atoms with Gasteiger partial charge in [0.15, 0.2) is 0 Å². The Morgan fingerprint density at radius 2 is 1.74 bits per heavy atom. The van der Waals surface area contributed by atoms with Crippen LogP contribution in [0.4, 0.5) is 0 Å². The van der Waals surface area contributed by atoms with E-state index in [1.54, 1.807) is 31.2 Å². The molecular weight excluding hydrogens is 294 g/mol. The van der Waals surface area contributed by atoms with Gasteiger partial charge in [0.25, 0.3) is 5.78 Å². The average molecular weight is 315 g/mol. The summed E-state index contributed by atoms with van der Waals surface area (Å²) in [6, 6.07) is 7.10. The van der Waals surface area contributed by atoms with Crippen LogP contribution in [0.15, 0.2) is 24.3 Å². The van der Waals surface area contributed by atoms with Crippen LogP contribution < -0.4 is 0 Å². The molecule has 0 fully saturated rings. The smallest absolute Gasteiger partial charge is 0.379 e. The van der Waals surface area contributed by atoms with E-state index in [0.717, 1.165) is 0 Å². The first kappa shape index (κ1) is 16.9. The van der Waals surface area contributed by atoms with E-state index >= 15 is 0 Å². The van der Waals surface area contributed by atoms with Gasteiger partial charge in [-0.1, -0.05) is 39.0 Å². The van der Waals surface area contributed by atoms with Crippen LogP contribution in [0.3, 0.4) is 0 Å². The van der Waals surface area contributed by atoms with Crippen molar-refractivity contribution in [2.75, 3.05) is 6.61 Å².